The maximum absolute atomic E-state index is 13.2. The molecule has 0 saturated carbocycles. The number of thioether (sulfide) groups is 1. The smallest absolute Gasteiger partial charge is 0.314 e. The second-order valence-electron chi connectivity index (χ2n) is 7.78. The highest BCUT2D eigenvalue weighted by Crippen LogP contribution is 2.45. The number of halogens is 4. The third-order valence-electron chi connectivity index (χ3n) is 4.44. The number of anilines is 1. The number of amides is 1. The molecular weight excluding hydrogens is 437 g/mol. The van der Waals surface area contributed by atoms with Crippen LogP contribution in [0.25, 0.3) is 0 Å². The average Bonchev–Trinajstić information content (AvgIpc) is 2.97. The Balaban J connectivity index is 2.13. The van der Waals surface area contributed by atoms with E-state index in [4.69, 9.17) is 11.6 Å². The van der Waals surface area contributed by atoms with Crippen molar-refractivity contribution in [3.8, 4) is 0 Å². The van der Waals surface area contributed by atoms with Gasteiger partial charge in [0.1, 0.15) is 0 Å². The van der Waals surface area contributed by atoms with E-state index in [1.807, 2.05) is 0 Å². The number of amidine groups is 1. The fourth-order valence-electron chi connectivity index (χ4n) is 2.97. The van der Waals surface area contributed by atoms with Crippen molar-refractivity contribution >= 4 is 50.0 Å². The van der Waals surface area contributed by atoms with E-state index in [1.165, 1.54) is 4.90 Å². The van der Waals surface area contributed by atoms with Gasteiger partial charge in [0, 0.05) is 10.7 Å². The van der Waals surface area contributed by atoms with Gasteiger partial charge < -0.3 is 4.90 Å². The Morgan fingerprint density at radius 1 is 1.25 bits per heavy atom. The number of benzene rings is 1. The van der Waals surface area contributed by atoms with Crippen molar-refractivity contribution in [3.63, 3.8) is 0 Å². The van der Waals surface area contributed by atoms with Gasteiger partial charge in [0.05, 0.1) is 33.8 Å². The SMILES string of the molecule is CC(C)(C)C(=O)N=C1S[C@H]2CS(=O)(=O)C[C@H]2N1c1cc(C(F)(F)F)ccc1Cl. The van der Waals surface area contributed by atoms with E-state index in [0.717, 1.165) is 30.0 Å². The number of hydrogen-bond donors (Lipinski definition) is 0. The molecule has 0 N–H and O–H groups in total. The number of aliphatic imine (C=N–C) groups is 1. The van der Waals surface area contributed by atoms with E-state index in [0.29, 0.717) is 0 Å². The van der Waals surface area contributed by atoms with E-state index in [9.17, 15) is 26.4 Å². The summed E-state index contributed by atoms with van der Waals surface area (Å²) >= 11 is 7.26. The third kappa shape index (κ3) is 4.18. The number of carbonyl (C=O) groups is 1. The zero-order valence-electron chi connectivity index (χ0n) is 15.2. The van der Waals surface area contributed by atoms with E-state index in [2.05, 4.69) is 4.99 Å². The normalized spacial score (nSPS) is 26.0. The Kier molecular flexibility index (Phi) is 5.30. The van der Waals surface area contributed by atoms with Crippen LogP contribution in [0.4, 0.5) is 18.9 Å². The highest BCUT2D eigenvalue weighted by atomic mass is 35.5. The first-order valence-electron chi connectivity index (χ1n) is 8.35. The fourth-order valence-corrected chi connectivity index (χ4v) is 7.09. The molecule has 1 amide bonds. The average molecular weight is 455 g/mol. The largest absolute Gasteiger partial charge is 0.416 e. The highest BCUT2D eigenvalue weighted by Gasteiger charge is 2.50. The summed E-state index contributed by atoms with van der Waals surface area (Å²) in [6.07, 6.45) is -4.59. The molecule has 154 valence electrons. The molecule has 28 heavy (non-hydrogen) atoms. The standard InChI is InChI=1S/C17H18ClF3N2O3S2/c1-16(2,3)14(24)22-15-23(12-7-28(25,26)8-13(12)27-15)11-6-9(17(19,20)21)4-5-10(11)18/h4-6,12-13H,7-8H2,1-3H3/t12-,13+/m1/s1. The number of rotatable bonds is 1. The summed E-state index contributed by atoms with van der Waals surface area (Å²) in [6, 6.07) is 2.20. The minimum absolute atomic E-state index is 0.00551. The summed E-state index contributed by atoms with van der Waals surface area (Å²) in [7, 11) is -3.35. The number of alkyl halides is 3. The van der Waals surface area contributed by atoms with Crippen LogP contribution >= 0.6 is 23.4 Å². The summed E-state index contributed by atoms with van der Waals surface area (Å²) in [5.41, 5.74) is -1.71. The molecular formula is C17H18ClF3N2O3S2. The first kappa shape index (κ1) is 21.4. The van der Waals surface area contributed by atoms with Crippen LogP contribution in [0.15, 0.2) is 23.2 Å². The van der Waals surface area contributed by atoms with Crippen LogP contribution in [-0.2, 0) is 20.8 Å². The Bertz CT molecular complexity index is 955. The van der Waals surface area contributed by atoms with Gasteiger partial charge in [-0.2, -0.15) is 18.2 Å². The van der Waals surface area contributed by atoms with Gasteiger partial charge in [-0.05, 0) is 18.2 Å². The molecule has 2 aliphatic heterocycles. The number of fused-ring (bicyclic) bond motifs is 1. The van der Waals surface area contributed by atoms with Crippen LogP contribution in [0.3, 0.4) is 0 Å². The quantitative estimate of drug-likeness (QED) is 0.641. The number of sulfone groups is 1. The van der Waals surface area contributed by atoms with Crippen molar-refractivity contribution in [2.75, 3.05) is 16.4 Å². The minimum Gasteiger partial charge on any atom is -0.314 e. The van der Waals surface area contributed by atoms with E-state index in [1.54, 1.807) is 20.8 Å². The molecule has 1 aromatic rings. The number of nitrogens with zero attached hydrogens (tertiary/aromatic N) is 2. The first-order valence-corrected chi connectivity index (χ1v) is 11.4. The van der Waals surface area contributed by atoms with Crippen LogP contribution in [-0.4, -0.2) is 42.3 Å². The zero-order chi connectivity index (χ0) is 21.1. The van der Waals surface area contributed by atoms with Crippen molar-refractivity contribution in [2.45, 2.75) is 38.2 Å². The lowest BCUT2D eigenvalue weighted by molar-refractivity contribution is -0.137. The fraction of sp³-hybridized carbons (Fsp3) is 0.529. The van der Waals surface area contributed by atoms with Crippen LogP contribution in [0.2, 0.25) is 5.02 Å². The van der Waals surface area contributed by atoms with Gasteiger partial charge in [-0.1, -0.05) is 44.1 Å². The Morgan fingerprint density at radius 3 is 2.46 bits per heavy atom. The molecule has 0 aromatic heterocycles. The van der Waals surface area contributed by atoms with E-state index < -0.39 is 44.2 Å². The summed E-state index contributed by atoms with van der Waals surface area (Å²) < 4.78 is 63.7. The molecule has 0 radical (unpaired) electrons. The molecule has 0 bridgehead atoms. The number of carbonyl (C=O) groups excluding carboxylic acids is 1. The number of hydrogen-bond acceptors (Lipinski definition) is 4. The molecule has 2 saturated heterocycles. The van der Waals surface area contributed by atoms with Crippen molar-refractivity contribution in [2.24, 2.45) is 10.4 Å². The maximum Gasteiger partial charge on any atom is 0.416 e. The maximum atomic E-state index is 13.2. The van der Waals surface area contributed by atoms with Gasteiger partial charge in [0.2, 0.25) is 0 Å². The molecule has 2 atom stereocenters. The molecule has 0 unspecified atom stereocenters. The molecule has 1 aromatic carbocycles. The highest BCUT2D eigenvalue weighted by molar-refractivity contribution is 8.16. The third-order valence-corrected chi connectivity index (χ3v) is 7.97. The van der Waals surface area contributed by atoms with Gasteiger partial charge in [0.25, 0.3) is 5.91 Å². The lowest BCUT2D eigenvalue weighted by Crippen LogP contribution is -2.38. The second kappa shape index (κ2) is 6.91. The van der Waals surface area contributed by atoms with Gasteiger partial charge >= 0.3 is 6.18 Å². The Morgan fingerprint density at radius 2 is 1.89 bits per heavy atom. The topological polar surface area (TPSA) is 66.8 Å². The molecule has 3 rings (SSSR count). The van der Waals surface area contributed by atoms with Crippen molar-refractivity contribution < 1.29 is 26.4 Å². The van der Waals surface area contributed by atoms with Crippen molar-refractivity contribution in [1.82, 2.24) is 0 Å². The van der Waals surface area contributed by atoms with Crippen LogP contribution < -0.4 is 4.90 Å². The van der Waals surface area contributed by atoms with Crippen molar-refractivity contribution in [1.29, 1.82) is 0 Å². The predicted molar refractivity (Wildman–Crippen MR) is 105 cm³/mol. The monoisotopic (exact) mass is 454 g/mol. The lowest BCUT2D eigenvalue weighted by Gasteiger charge is -2.26. The van der Waals surface area contributed by atoms with Gasteiger partial charge in [0.15, 0.2) is 15.0 Å². The van der Waals surface area contributed by atoms with E-state index in [-0.39, 0.29) is 27.4 Å². The van der Waals surface area contributed by atoms with Gasteiger partial charge in [-0.3, -0.25) is 4.79 Å². The van der Waals surface area contributed by atoms with Gasteiger partial charge in [-0.15, -0.1) is 0 Å². The lowest BCUT2D eigenvalue weighted by atomic mass is 9.96. The molecule has 11 heteroatoms. The second-order valence-corrected chi connectivity index (χ2v) is 11.6. The molecule has 2 fully saturated rings. The summed E-state index contributed by atoms with van der Waals surface area (Å²) in [4.78, 5) is 17.9. The van der Waals surface area contributed by atoms with E-state index >= 15 is 0 Å². The zero-order valence-corrected chi connectivity index (χ0v) is 17.6. The molecule has 0 spiro atoms. The minimum atomic E-state index is -4.59. The predicted octanol–water partition coefficient (Wildman–Crippen LogP) is 4.01. The molecule has 2 aliphatic rings. The molecule has 5 nitrogen and oxygen atoms in total. The summed E-state index contributed by atoms with van der Waals surface area (Å²) in [5, 5.41) is -0.234. The summed E-state index contributed by atoms with van der Waals surface area (Å²) in [5.74, 6) is -0.816. The Hall–Kier alpha value is -1.26. The van der Waals surface area contributed by atoms with Gasteiger partial charge in [-0.25, -0.2) is 8.42 Å². The summed E-state index contributed by atoms with van der Waals surface area (Å²) in [6.45, 7) is 5.02. The molecule has 2 heterocycles. The van der Waals surface area contributed by atoms with Crippen LogP contribution in [0.5, 0.6) is 0 Å². The van der Waals surface area contributed by atoms with Crippen LogP contribution in [0, 0.1) is 5.41 Å². The Labute approximate surface area is 170 Å². The first-order chi connectivity index (χ1) is 12.7. The van der Waals surface area contributed by atoms with Crippen LogP contribution in [0.1, 0.15) is 26.3 Å². The van der Waals surface area contributed by atoms with Crippen molar-refractivity contribution in [3.05, 3.63) is 28.8 Å². The molecule has 0 aliphatic carbocycles.